The van der Waals surface area contributed by atoms with Crippen LogP contribution in [0.2, 0.25) is 0 Å². The first-order chi connectivity index (χ1) is 8.83. The Morgan fingerprint density at radius 3 is 2.72 bits per heavy atom. The largest absolute Gasteiger partial charge is 0.497 e. The molecule has 0 bridgehead atoms. The van der Waals surface area contributed by atoms with Gasteiger partial charge in [-0.1, -0.05) is 6.07 Å². The van der Waals surface area contributed by atoms with Gasteiger partial charge in [0.1, 0.15) is 12.0 Å². The van der Waals surface area contributed by atoms with Crippen LogP contribution in [0.15, 0.2) is 24.3 Å². The minimum absolute atomic E-state index is 0.638. The van der Waals surface area contributed by atoms with Crippen LogP contribution < -0.4 is 9.64 Å². The van der Waals surface area contributed by atoms with E-state index in [1.807, 2.05) is 12.1 Å². The average molecular weight is 248 g/mol. The van der Waals surface area contributed by atoms with Crippen LogP contribution in [0.5, 0.6) is 5.75 Å². The van der Waals surface area contributed by atoms with E-state index in [2.05, 4.69) is 21.9 Å². The summed E-state index contributed by atoms with van der Waals surface area (Å²) in [5.74, 6) is 0.899. The summed E-state index contributed by atoms with van der Waals surface area (Å²) in [6, 6.07) is 8.17. The van der Waals surface area contributed by atoms with Gasteiger partial charge >= 0.3 is 0 Å². The van der Waals surface area contributed by atoms with Gasteiger partial charge < -0.3 is 14.4 Å². The molecule has 1 aliphatic heterocycles. The average Bonchev–Trinajstić information content (AvgIpc) is 2.46. The van der Waals surface area contributed by atoms with Crippen LogP contribution in [0.25, 0.3) is 0 Å². The van der Waals surface area contributed by atoms with Gasteiger partial charge in [-0.2, -0.15) is 0 Å². The van der Waals surface area contributed by atoms with Gasteiger partial charge in [-0.25, -0.2) is 0 Å². The smallest absolute Gasteiger partial charge is 0.121 e. The summed E-state index contributed by atoms with van der Waals surface area (Å²) >= 11 is 0. The molecule has 0 saturated carbocycles. The molecule has 1 aromatic rings. The van der Waals surface area contributed by atoms with E-state index in [0.29, 0.717) is 6.42 Å². The molecule has 0 aromatic heterocycles. The van der Waals surface area contributed by atoms with Crippen molar-refractivity contribution in [2.24, 2.45) is 0 Å². The number of anilines is 1. The third-order valence-electron chi connectivity index (χ3n) is 3.35. The third kappa shape index (κ3) is 3.23. The predicted octanol–water partition coefficient (Wildman–Crippen LogP) is 1.41. The number of benzene rings is 1. The van der Waals surface area contributed by atoms with Crippen molar-refractivity contribution in [3.63, 3.8) is 0 Å². The number of aldehydes is 1. The first kappa shape index (κ1) is 12.9. The van der Waals surface area contributed by atoms with Crippen molar-refractivity contribution in [2.45, 2.75) is 6.42 Å². The van der Waals surface area contributed by atoms with Gasteiger partial charge in [0.05, 0.1) is 7.11 Å². The summed E-state index contributed by atoms with van der Waals surface area (Å²) in [6.45, 7) is 4.93. The Labute approximate surface area is 108 Å². The van der Waals surface area contributed by atoms with Crippen LogP contribution in [-0.4, -0.2) is 51.0 Å². The maximum absolute atomic E-state index is 10.4. The molecule has 98 valence electrons. The highest BCUT2D eigenvalue weighted by atomic mass is 16.5. The van der Waals surface area contributed by atoms with Crippen molar-refractivity contribution in [1.82, 2.24) is 4.90 Å². The lowest BCUT2D eigenvalue weighted by Gasteiger charge is -2.35. The summed E-state index contributed by atoms with van der Waals surface area (Å²) < 4.78 is 5.24. The molecule has 1 aromatic carbocycles. The topological polar surface area (TPSA) is 32.8 Å². The summed E-state index contributed by atoms with van der Waals surface area (Å²) in [6.07, 6.45) is 1.63. The molecular formula is C14H20N2O2. The van der Waals surface area contributed by atoms with Gasteiger partial charge in [0, 0.05) is 50.9 Å². The number of piperazine rings is 1. The quantitative estimate of drug-likeness (QED) is 0.738. The minimum atomic E-state index is 0.638. The molecule has 0 spiro atoms. The minimum Gasteiger partial charge on any atom is -0.497 e. The maximum atomic E-state index is 10.4. The fourth-order valence-corrected chi connectivity index (χ4v) is 2.27. The van der Waals surface area contributed by atoms with E-state index in [1.54, 1.807) is 7.11 Å². The van der Waals surface area contributed by atoms with E-state index in [-0.39, 0.29) is 0 Å². The van der Waals surface area contributed by atoms with E-state index < -0.39 is 0 Å². The van der Waals surface area contributed by atoms with E-state index in [1.165, 1.54) is 5.69 Å². The molecule has 0 radical (unpaired) electrons. The molecule has 18 heavy (non-hydrogen) atoms. The molecular weight excluding hydrogens is 228 g/mol. The summed E-state index contributed by atoms with van der Waals surface area (Å²) in [7, 11) is 1.69. The highest BCUT2D eigenvalue weighted by molar-refractivity contribution is 5.51. The van der Waals surface area contributed by atoms with Crippen LogP contribution >= 0.6 is 0 Å². The van der Waals surface area contributed by atoms with Gasteiger partial charge in [-0.05, 0) is 12.1 Å². The number of methoxy groups -OCH3 is 1. The molecule has 0 unspecified atom stereocenters. The third-order valence-corrected chi connectivity index (χ3v) is 3.35. The fraction of sp³-hybridized carbons (Fsp3) is 0.500. The van der Waals surface area contributed by atoms with E-state index in [0.717, 1.165) is 44.8 Å². The predicted molar refractivity (Wildman–Crippen MR) is 72.3 cm³/mol. The molecule has 0 atom stereocenters. The van der Waals surface area contributed by atoms with Crippen molar-refractivity contribution in [3.8, 4) is 5.75 Å². The molecule has 1 heterocycles. The van der Waals surface area contributed by atoms with Gasteiger partial charge in [0.25, 0.3) is 0 Å². The zero-order valence-electron chi connectivity index (χ0n) is 10.8. The number of hydrogen-bond donors (Lipinski definition) is 0. The van der Waals surface area contributed by atoms with E-state index >= 15 is 0 Å². The second kappa shape index (κ2) is 6.40. The van der Waals surface area contributed by atoms with E-state index in [4.69, 9.17) is 4.74 Å². The Morgan fingerprint density at radius 2 is 2.06 bits per heavy atom. The number of rotatable bonds is 5. The van der Waals surface area contributed by atoms with Gasteiger partial charge in [0.15, 0.2) is 0 Å². The lowest BCUT2D eigenvalue weighted by Crippen LogP contribution is -2.46. The van der Waals surface area contributed by atoms with Gasteiger partial charge in [-0.3, -0.25) is 4.90 Å². The van der Waals surface area contributed by atoms with Crippen molar-refractivity contribution >= 4 is 12.0 Å². The summed E-state index contributed by atoms with van der Waals surface area (Å²) in [5, 5.41) is 0. The highest BCUT2D eigenvalue weighted by Gasteiger charge is 2.16. The lowest BCUT2D eigenvalue weighted by molar-refractivity contribution is -0.108. The van der Waals surface area contributed by atoms with Gasteiger partial charge in [0.2, 0.25) is 0 Å². The second-order valence-corrected chi connectivity index (χ2v) is 4.49. The molecule has 1 saturated heterocycles. The van der Waals surface area contributed by atoms with Crippen LogP contribution in [0.3, 0.4) is 0 Å². The standard InChI is InChI=1S/C14H20N2O2/c1-18-14-5-2-4-13(12-14)16-9-7-15(8-10-16)6-3-11-17/h2,4-5,11-12H,3,6-10H2,1H3. The molecule has 4 heteroatoms. The molecule has 0 N–H and O–H groups in total. The maximum Gasteiger partial charge on any atom is 0.121 e. The normalized spacial score (nSPS) is 16.6. The zero-order chi connectivity index (χ0) is 12.8. The molecule has 1 fully saturated rings. The fourth-order valence-electron chi connectivity index (χ4n) is 2.27. The van der Waals surface area contributed by atoms with Crippen LogP contribution in [0, 0.1) is 0 Å². The Balaban J connectivity index is 1.90. The molecule has 0 amide bonds. The first-order valence-corrected chi connectivity index (χ1v) is 6.38. The van der Waals surface area contributed by atoms with E-state index in [9.17, 15) is 4.79 Å². The molecule has 0 aliphatic carbocycles. The SMILES string of the molecule is COc1cccc(N2CCN(CCC=O)CC2)c1. The monoisotopic (exact) mass is 248 g/mol. The summed E-state index contributed by atoms with van der Waals surface area (Å²) in [5.41, 5.74) is 1.21. The Hall–Kier alpha value is -1.55. The molecule has 4 nitrogen and oxygen atoms in total. The number of ether oxygens (including phenoxy) is 1. The number of hydrogen-bond acceptors (Lipinski definition) is 4. The molecule has 2 rings (SSSR count). The Kier molecular flexibility index (Phi) is 4.59. The lowest BCUT2D eigenvalue weighted by atomic mass is 10.2. The first-order valence-electron chi connectivity index (χ1n) is 6.38. The van der Waals surface area contributed by atoms with Crippen LogP contribution in [0.4, 0.5) is 5.69 Å². The number of nitrogens with zero attached hydrogens (tertiary/aromatic N) is 2. The van der Waals surface area contributed by atoms with Crippen LogP contribution in [0.1, 0.15) is 6.42 Å². The summed E-state index contributed by atoms with van der Waals surface area (Å²) in [4.78, 5) is 15.1. The van der Waals surface area contributed by atoms with Crippen molar-refractivity contribution < 1.29 is 9.53 Å². The van der Waals surface area contributed by atoms with Crippen molar-refractivity contribution in [2.75, 3.05) is 44.7 Å². The van der Waals surface area contributed by atoms with Crippen molar-refractivity contribution in [3.05, 3.63) is 24.3 Å². The number of carbonyl (C=O) groups is 1. The van der Waals surface area contributed by atoms with Gasteiger partial charge in [-0.15, -0.1) is 0 Å². The van der Waals surface area contributed by atoms with Crippen molar-refractivity contribution in [1.29, 1.82) is 0 Å². The highest BCUT2D eigenvalue weighted by Crippen LogP contribution is 2.21. The Bertz CT molecular complexity index is 387. The second-order valence-electron chi connectivity index (χ2n) is 4.49. The Morgan fingerprint density at radius 1 is 1.28 bits per heavy atom. The van der Waals surface area contributed by atoms with Crippen LogP contribution in [-0.2, 0) is 4.79 Å². The molecule has 1 aliphatic rings. The zero-order valence-corrected chi connectivity index (χ0v) is 10.8. The number of carbonyl (C=O) groups excluding carboxylic acids is 1.